The summed E-state index contributed by atoms with van der Waals surface area (Å²) in [6.07, 6.45) is 11.9. The first kappa shape index (κ1) is 15.2. The minimum absolute atomic E-state index is 0.0671. The van der Waals surface area contributed by atoms with E-state index < -0.39 is 23.8 Å². The molecule has 6 heteroatoms. The lowest BCUT2D eigenvalue weighted by Crippen LogP contribution is -2.24. The first-order chi connectivity index (χ1) is 10.7. The molecule has 6 nitrogen and oxygen atoms in total. The summed E-state index contributed by atoms with van der Waals surface area (Å²) in [5.74, 6) is -0.611. The summed E-state index contributed by atoms with van der Waals surface area (Å²) in [4.78, 5) is 53.9. The van der Waals surface area contributed by atoms with Crippen molar-refractivity contribution >= 4 is 23.8 Å². The van der Waals surface area contributed by atoms with E-state index in [1.54, 1.807) is 36.2 Å². The van der Waals surface area contributed by atoms with Crippen LogP contribution in [0.2, 0.25) is 0 Å². The van der Waals surface area contributed by atoms with Crippen LogP contribution in [0.1, 0.15) is 0 Å². The van der Waals surface area contributed by atoms with Gasteiger partial charge in [0.2, 0.25) is 0 Å². The third-order valence-corrected chi connectivity index (χ3v) is 3.00. The average molecular weight is 298 g/mol. The summed E-state index contributed by atoms with van der Waals surface area (Å²) in [5, 5.41) is 0. The second kappa shape index (κ2) is 6.99. The van der Waals surface area contributed by atoms with E-state index in [4.69, 9.17) is 0 Å². The Morgan fingerprint density at radius 1 is 0.773 bits per heavy atom. The van der Waals surface area contributed by atoms with Gasteiger partial charge in [-0.1, -0.05) is 36.5 Å². The van der Waals surface area contributed by atoms with Crippen LogP contribution in [0.4, 0.5) is 0 Å². The van der Waals surface area contributed by atoms with Crippen LogP contribution in [0, 0.1) is 11.8 Å². The first-order valence-corrected chi connectivity index (χ1v) is 6.29. The lowest BCUT2D eigenvalue weighted by atomic mass is 9.96. The summed E-state index contributed by atoms with van der Waals surface area (Å²) >= 11 is 0. The Morgan fingerprint density at radius 2 is 1.18 bits per heavy atom. The Kier molecular flexibility index (Phi) is 4.83. The molecular formula is C16H10O6. The van der Waals surface area contributed by atoms with Crippen LogP contribution in [0.25, 0.3) is 0 Å². The zero-order chi connectivity index (χ0) is 15.9. The standard InChI is InChI=1S/C16H10O6/c17-9-11-5-1-3-7-13(11)15(19)21-22-16(20)14-8-4-2-6-12(14)10-18/h1-8,13-14H. The Morgan fingerprint density at radius 3 is 1.55 bits per heavy atom. The van der Waals surface area contributed by atoms with Gasteiger partial charge in [-0.3, -0.25) is 0 Å². The van der Waals surface area contributed by atoms with Crippen LogP contribution < -0.4 is 0 Å². The SMILES string of the molecule is O=C=C1C=CC=CC1C(=O)OOC(=O)C1C=CC=CC1=C=O. The van der Waals surface area contributed by atoms with Gasteiger partial charge in [0, 0.05) is 0 Å². The van der Waals surface area contributed by atoms with E-state index in [1.165, 1.54) is 24.3 Å². The molecule has 0 saturated heterocycles. The summed E-state index contributed by atoms with van der Waals surface area (Å²) in [5.41, 5.74) is 0.134. The van der Waals surface area contributed by atoms with E-state index >= 15 is 0 Å². The van der Waals surface area contributed by atoms with Gasteiger partial charge in [-0.2, -0.15) is 0 Å². The smallest absolute Gasteiger partial charge is 0.246 e. The highest BCUT2D eigenvalue weighted by Gasteiger charge is 2.28. The number of rotatable bonds is 2. The van der Waals surface area contributed by atoms with E-state index in [0.717, 1.165) is 0 Å². The molecule has 0 fully saturated rings. The highest BCUT2D eigenvalue weighted by Crippen LogP contribution is 2.20. The van der Waals surface area contributed by atoms with Gasteiger partial charge in [0.1, 0.15) is 23.7 Å². The molecule has 0 spiro atoms. The van der Waals surface area contributed by atoms with Crippen molar-refractivity contribution in [3.63, 3.8) is 0 Å². The monoisotopic (exact) mass is 298 g/mol. The van der Waals surface area contributed by atoms with Gasteiger partial charge in [0.05, 0.1) is 11.1 Å². The number of hydrogen-bond acceptors (Lipinski definition) is 6. The van der Waals surface area contributed by atoms with Gasteiger partial charge in [0.15, 0.2) is 0 Å². The molecule has 0 heterocycles. The molecule has 0 aromatic carbocycles. The average Bonchev–Trinajstić information content (AvgIpc) is 2.59. The van der Waals surface area contributed by atoms with Crippen molar-refractivity contribution in [2.24, 2.45) is 11.8 Å². The van der Waals surface area contributed by atoms with Crippen LogP contribution in [0.5, 0.6) is 0 Å². The fourth-order valence-electron chi connectivity index (χ4n) is 1.88. The van der Waals surface area contributed by atoms with Crippen molar-refractivity contribution in [1.82, 2.24) is 0 Å². The molecule has 2 rings (SSSR count). The first-order valence-electron chi connectivity index (χ1n) is 6.29. The quantitative estimate of drug-likeness (QED) is 0.429. The molecule has 110 valence electrons. The maximum Gasteiger partial charge on any atom is 0.367 e. The fraction of sp³-hybridized carbons (Fsp3) is 0.125. The molecule has 0 aliphatic heterocycles. The molecule has 0 amide bonds. The molecule has 2 aliphatic carbocycles. The Bertz CT molecular complexity index is 647. The molecule has 2 aliphatic rings. The van der Waals surface area contributed by atoms with Gasteiger partial charge in [-0.25, -0.2) is 29.0 Å². The van der Waals surface area contributed by atoms with Gasteiger partial charge in [0.25, 0.3) is 0 Å². The minimum Gasteiger partial charge on any atom is -0.246 e. The van der Waals surface area contributed by atoms with Crippen molar-refractivity contribution in [3.8, 4) is 0 Å². The highest BCUT2D eigenvalue weighted by molar-refractivity contribution is 5.86. The van der Waals surface area contributed by atoms with Crippen LogP contribution in [0.3, 0.4) is 0 Å². The zero-order valence-electron chi connectivity index (χ0n) is 11.2. The molecule has 0 radical (unpaired) electrons. The maximum absolute atomic E-state index is 11.8. The van der Waals surface area contributed by atoms with Crippen LogP contribution in [-0.4, -0.2) is 23.8 Å². The van der Waals surface area contributed by atoms with Gasteiger partial charge >= 0.3 is 11.9 Å². The Balaban J connectivity index is 1.98. The summed E-state index contributed by atoms with van der Waals surface area (Å²) < 4.78 is 0. The minimum atomic E-state index is -0.988. The number of allylic oxidation sites excluding steroid dienone is 6. The molecule has 0 N–H and O–H groups in total. The molecule has 2 atom stereocenters. The summed E-state index contributed by atoms with van der Waals surface area (Å²) in [7, 11) is 0. The lowest BCUT2D eigenvalue weighted by molar-refractivity contribution is -0.261. The van der Waals surface area contributed by atoms with E-state index in [0.29, 0.717) is 0 Å². The van der Waals surface area contributed by atoms with Crippen molar-refractivity contribution < 1.29 is 29.0 Å². The number of carbonyl (C=O) groups is 2. The second-order valence-electron chi connectivity index (χ2n) is 4.36. The lowest BCUT2D eigenvalue weighted by Gasteiger charge is -2.14. The van der Waals surface area contributed by atoms with Gasteiger partial charge in [-0.05, 0) is 12.2 Å². The molecular weight excluding hydrogens is 288 g/mol. The van der Waals surface area contributed by atoms with Crippen molar-refractivity contribution in [1.29, 1.82) is 0 Å². The van der Waals surface area contributed by atoms with Crippen molar-refractivity contribution in [2.45, 2.75) is 0 Å². The summed E-state index contributed by atoms with van der Waals surface area (Å²) in [6.45, 7) is 0. The molecule has 0 aromatic rings. The second-order valence-corrected chi connectivity index (χ2v) is 4.36. The predicted octanol–water partition coefficient (Wildman–Crippen LogP) is 0.988. The normalized spacial score (nSPS) is 22.0. The van der Waals surface area contributed by atoms with Gasteiger partial charge in [-0.15, -0.1) is 0 Å². The van der Waals surface area contributed by atoms with Crippen LogP contribution >= 0.6 is 0 Å². The van der Waals surface area contributed by atoms with E-state index in [-0.39, 0.29) is 11.1 Å². The molecule has 2 unspecified atom stereocenters. The van der Waals surface area contributed by atoms with Crippen molar-refractivity contribution in [2.75, 3.05) is 0 Å². The Labute approximate surface area is 125 Å². The molecule has 0 bridgehead atoms. The largest absolute Gasteiger partial charge is 0.367 e. The van der Waals surface area contributed by atoms with E-state index in [2.05, 4.69) is 9.78 Å². The molecule has 0 saturated carbocycles. The molecule has 0 aromatic heterocycles. The number of carbonyl (C=O) groups excluding carboxylic acids is 4. The van der Waals surface area contributed by atoms with E-state index in [9.17, 15) is 19.2 Å². The highest BCUT2D eigenvalue weighted by atomic mass is 17.2. The third-order valence-electron chi connectivity index (χ3n) is 3.00. The summed E-state index contributed by atoms with van der Waals surface area (Å²) in [6, 6.07) is 0. The van der Waals surface area contributed by atoms with Crippen LogP contribution in [-0.2, 0) is 29.0 Å². The van der Waals surface area contributed by atoms with E-state index in [1.807, 2.05) is 0 Å². The van der Waals surface area contributed by atoms with Crippen molar-refractivity contribution in [3.05, 3.63) is 59.8 Å². The third kappa shape index (κ3) is 3.27. The fourth-order valence-corrected chi connectivity index (χ4v) is 1.88. The van der Waals surface area contributed by atoms with Crippen LogP contribution in [0.15, 0.2) is 59.8 Å². The maximum atomic E-state index is 11.8. The van der Waals surface area contributed by atoms with Gasteiger partial charge < -0.3 is 0 Å². The number of hydrogen-bond donors (Lipinski definition) is 0. The molecule has 22 heavy (non-hydrogen) atoms. The predicted molar refractivity (Wildman–Crippen MR) is 74.1 cm³/mol. The Hall–Kier alpha value is -3.20. The zero-order valence-corrected chi connectivity index (χ0v) is 11.2. The topological polar surface area (TPSA) is 86.7 Å².